The number of carboxylic acid groups (broad SMARTS) is 1. The highest BCUT2D eigenvalue weighted by Gasteiger charge is 2.32. The van der Waals surface area contributed by atoms with Gasteiger partial charge in [-0.05, 0) is 12.8 Å². The van der Waals surface area contributed by atoms with E-state index in [0.29, 0.717) is 13.0 Å². The van der Waals surface area contributed by atoms with Crippen LogP contribution in [0, 0.1) is 0 Å². The van der Waals surface area contributed by atoms with Crippen molar-refractivity contribution in [1.29, 1.82) is 0 Å². The lowest BCUT2D eigenvalue weighted by Gasteiger charge is -2.18. The summed E-state index contributed by atoms with van der Waals surface area (Å²) in [6.45, 7) is 0.495. The SMILES string of the molecule is O=C(O)[C@@H]1CCCN1C(=O)/C=N/Br. The first kappa shape index (κ1) is 10.2. The molecule has 0 spiro atoms. The molecule has 6 heteroatoms. The summed E-state index contributed by atoms with van der Waals surface area (Å²) in [5.74, 6) is -1.31. The predicted molar refractivity (Wildman–Crippen MR) is 49.8 cm³/mol. The highest BCUT2D eigenvalue weighted by molar-refractivity contribution is 9.08. The first-order valence-electron chi connectivity index (χ1n) is 3.84. The van der Waals surface area contributed by atoms with Gasteiger partial charge in [-0.25, -0.2) is 8.81 Å². The van der Waals surface area contributed by atoms with Crippen LogP contribution in [0.15, 0.2) is 4.02 Å². The fraction of sp³-hybridized carbons (Fsp3) is 0.571. The van der Waals surface area contributed by atoms with E-state index >= 15 is 0 Å². The quantitative estimate of drug-likeness (QED) is 0.722. The number of hydrogen-bond acceptors (Lipinski definition) is 3. The van der Waals surface area contributed by atoms with Gasteiger partial charge in [-0.2, -0.15) is 0 Å². The molecule has 1 atom stereocenters. The van der Waals surface area contributed by atoms with E-state index in [4.69, 9.17) is 5.11 Å². The average Bonchev–Trinajstić information content (AvgIpc) is 2.52. The molecule has 1 aliphatic heterocycles. The molecular weight excluding hydrogens is 240 g/mol. The van der Waals surface area contributed by atoms with Crippen LogP contribution in [0.1, 0.15) is 12.8 Å². The molecule has 0 unspecified atom stereocenters. The van der Waals surface area contributed by atoms with E-state index < -0.39 is 12.0 Å². The number of carboxylic acids is 1. The van der Waals surface area contributed by atoms with Crippen molar-refractivity contribution >= 4 is 34.2 Å². The van der Waals surface area contributed by atoms with E-state index in [1.54, 1.807) is 0 Å². The number of aliphatic carboxylic acids is 1. The Bertz CT molecular complexity index is 254. The van der Waals surface area contributed by atoms with E-state index in [-0.39, 0.29) is 5.91 Å². The highest BCUT2D eigenvalue weighted by Crippen LogP contribution is 2.16. The summed E-state index contributed by atoms with van der Waals surface area (Å²) in [5.41, 5.74) is 0. The molecule has 1 amide bonds. The van der Waals surface area contributed by atoms with E-state index in [1.807, 2.05) is 0 Å². The molecule has 0 aromatic rings. The van der Waals surface area contributed by atoms with Gasteiger partial charge in [-0.1, -0.05) is 0 Å². The first-order chi connectivity index (χ1) is 6.16. The number of hydrogen-bond donors (Lipinski definition) is 1. The minimum absolute atomic E-state index is 0.359. The molecule has 0 aromatic heterocycles. The van der Waals surface area contributed by atoms with Gasteiger partial charge in [0.05, 0.1) is 16.1 Å². The Balaban J connectivity index is 2.68. The number of nitrogens with zero attached hydrogens (tertiary/aromatic N) is 2. The molecule has 0 saturated carbocycles. The van der Waals surface area contributed by atoms with Gasteiger partial charge in [-0.15, -0.1) is 0 Å². The number of amides is 1. The number of carbonyl (C=O) groups is 2. The summed E-state index contributed by atoms with van der Waals surface area (Å²) in [6, 6.07) is -0.682. The van der Waals surface area contributed by atoms with Crippen molar-refractivity contribution in [2.24, 2.45) is 4.02 Å². The van der Waals surface area contributed by atoms with Crippen LogP contribution in [0.2, 0.25) is 0 Å². The maximum atomic E-state index is 11.2. The van der Waals surface area contributed by atoms with Gasteiger partial charge in [-0.3, -0.25) is 4.79 Å². The Morgan fingerprint density at radius 3 is 2.85 bits per heavy atom. The van der Waals surface area contributed by atoms with Crippen LogP contribution in [0.5, 0.6) is 0 Å². The average molecular weight is 249 g/mol. The lowest BCUT2D eigenvalue weighted by atomic mass is 10.2. The van der Waals surface area contributed by atoms with E-state index in [1.165, 1.54) is 4.90 Å². The Hall–Kier alpha value is -0.910. The third kappa shape index (κ3) is 2.27. The summed E-state index contributed by atoms with van der Waals surface area (Å²) in [4.78, 5) is 23.2. The summed E-state index contributed by atoms with van der Waals surface area (Å²) >= 11 is 2.73. The molecule has 0 aromatic carbocycles. The van der Waals surface area contributed by atoms with Gasteiger partial charge in [0.1, 0.15) is 12.3 Å². The van der Waals surface area contributed by atoms with E-state index in [0.717, 1.165) is 12.6 Å². The molecule has 1 saturated heterocycles. The zero-order valence-corrected chi connectivity index (χ0v) is 8.40. The van der Waals surface area contributed by atoms with Crippen molar-refractivity contribution in [2.45, 2.75) is 18.9 Å². The molecule has 1 aliphatic rings. The van der Waals surface area contributed by atoms with Crippen LogP contribution in [0.25, 0.3) is 0 Å². The van der Waals surface area contributed by atoms with Gasteiger partial charge in [0.15, 0.2) is 0 Å². The molecule has 0 aliphatic carbocycles. The fourth-order valence-corrected chi connectivity index (χ4v) is 1.58. The summed E-state index contributed by atoms with van der Waals surface area (Å²) in [6.07, 6.45) is 2.33. The van der Waals surface area contributed by atoms with Crippen molar-refractivity contribution in [3.05, 3.63) is 0 Å². The van der Waals surface area contributed by atoms with Crippen LogP contribution in [0.4, 0.5) is 0 Å². The van der Waals surface area contributed by atoms with Crippen molar-refractivity contribution in [1.82, 2.24) is 4.90 Å². The topological polar surface area (TPSA) is 70.0 Å². The smallest absolute Gasteiger partial charge is 0.326 e. The van der Waals surface area contributed by atoms with Crippen LogP contribution in [-0.2, 0) is 9.59 Å². The van der Waals surface area contributed by atoms with Crippen LogP contribution >= 0.6 is 16.1 Å². The Morgan fingerprint density at radius 1 is 1.62 bits per heavy atom. The van der Waals surface area contributed by atoms with Gasteiger partial charge in [0.2, 0.25) is 0 Å². The van der Waals surface area contributed by atoms with Gasteiger partial charge in [0, 0.05) is 6.54 Å². The summed E-state index contributed by atoms with van der Waals surface area (Å²) in [7, 11) is 0. The lowest BCUT2D eigenvalue weighted by Crippen LogP contribution is -2.40. The van der Waals surface area contributed by atoms with Gasteiger partial charge in [0.25, 0.3) is 5.91 Å². The zero-order valence-electron chi connectivity index (χ0n) is 6.81. The number of likely N-dealkylation sites (tertiary alicyclic amines) is 1. The van der Waals surface area contributed by atoms with Crippen LogP contribution in [0.3, 0.4) is 0 Å². The molecule has 1 fully saturated rings. The first-order valence-corrected chi connectivity index (χ1v) is 4.55. The minimum atomic E-state index is -0.950. The second kappa shape index (κ2) is 4.36. The van der Waals surface area contributed by atoms with E-state index in [2.05, 4.69) is 20.2 Å². The zero-order chi connectivity index (χ0) is 9.84. The second-order valence-electron chi connectivity index (χ2n) is 2.75. The van der Waals surface area contributed by atoms with Crippen molar-refractivity contribution in [2.75, 3.05) is 6.54 Å². The summed E-state index contributed by atoms with van der Waals surface area (Å²) in [5, 5.41) is 8.75. The lowest BCUT2D eigenvalue weighted by molar-refractivity contribution is -0.145. The molecule has 13 heavy (non-hydrogen) atoms. The molecule has 1 N–H and O–H groups in total. The molecular formula is C7H9BrN2O3. The molecule has 1 heterocycles. The Labute approximate surface area is 83.8 Å². The minimum Gasteiger partial charge on any atom is -0.480 e. The second-order valence-corrected chi connectivity index (χ2v) is 3.16. The summed E-state index contributed by atoms with van der Waals surface area (Å²) < 4.78 is 3.38. The molecule has 0 bridgehead atoms. The van der Waals surface area contributed by atoms with Gasteiger partial charge >= 0.3 is 5.97 Å². The van der Waals surface area contributed by atoms with E-state index in [9.17, 15) is 9.59 Å². The Kier molecular flexibility index (Phi) is 3.41. The van der Waals surface area contributed by atoms with Crippen molar-refractivity contribution in [3.63, 3.8) is 0 Å². The van der Waals surface area contributed by atoms with Gasteiger partial charge < -0.3 is 10.0 Å². The van der Waals surface area contributed by atoms with Crippen molar-refractivity contribution in [3.8, 4) is 0 Å². The molecule has 5 nitrogen and oxygen atoms in total. The number of carbonyl (C=O) groups excluding carboxylic acids is 1. The molecule has 0 radical (unpaired) electrons. The standard InChI is InChI=1S/C7H9BrN2O3/c8-9-4-6(11)10-3-1-2-5(10)7(12)13/h4-5H,1-3H2,(H,12,13)/b9-4+/t5-/m0/s1. The van der Waals surface area contributed by atoms with Crippen LogP contribution < -0.4 is 0 Å². The highest BCUT2D eigenvalue weighted by atomic mass is 79.9. The monoisotopic (exact) mass is 248 g/mol. The Morgan fingerprint density at radius 2 is 2.31 bits per heavy atom. The maximum Gasteiger partial charge on any atom is 0.326 e. The maximum absolute atomic E-state index is 11.2. The van der Waals surface area contributed by atoms with Crippen molar-refractivity contribution < 1.29 is 14.7 Å². The number of halogens is 1. The van der Waals surface area contributed by atoms with Crippen LogP contribution in [-0.4, -0.2) is 40.7 Å². The largest absolute Gasteiger partial charge is 0.480 e. The molecule has 1 rings (SSSR count). The third-order valence-corrected chi connectivity index (χ3v) is 2.18. The normalized spacial score (nSPS) is 22.5. The predicted octanol–water partition coefficient (Wildman–Crippen LogP) is 0.443. The third-order valence-electron chi connectivity index (χ3n) is 1.98. The number of rotatable bonds is 2. The fourth-order valence-electron chi connectivity index (χ4n) is 1.40. The molecule has 72 valence electrons.